The van der Waals surface area contributed by atoms with Gasteiger partial charge in [-0.05, 0) is 6.42 Å². The van der Waals surface area contributed by atoms with Gasteiger partial charge in [-0.25, -0.2) is 0 Å². The number of rotatable bonds is 3. The maximum atomic E-state index is 11.5. The maximum Gasteiger partial charge on any atom is 0.244 e. The number of carbonyl (C=O) groups is 1. The van der Waals surface area contributed by atoms with Crippen LogP contribution >= 0.6 is 23.5 Å². The van der Waals surface area contributed by atoms with Crippen LogP contribution in [0.2, 0.25) is 0 Å². The van der Waals surface area contributed by atoms with E-state index in [9.17, 15) is 4.79 Å². The fraction of sp³-hybridized carbons (Fsp3) is 0.750. The van der Waals surface area contributed by atoms with Crippen LogP contribution < -0.4 is 5.32 Å². The van der Waals surface area contributed by atoms with Crippen molar-refractivity contribution in [2.75, 3.05) is 11.5 Å². The highest BCUT2D eigenvalue weighted by Crippen LogP contribution is 2.31. The average Bonchev–Trinajstić information content (AvgIpc) is 2.66. The van der Waals surface area contributed by atoms with Crippen LogP contribution in [0.4, 0.5) is 0 Å². The van der Waals surface area contributed by atoms with Gasteiger partial charge in [0.1, 0.15) is 10.6 Å². The molecule has 1 amide bonds. The van der Waals surface area contributed by atoms with Gasteiger partial charge in [0.15, 0.2) is 0 Å². The van der Waals surface area contributed by atoms with Crippen LogP contribution in [0.15, 0.2) is 0 Å². The summed E-state index contributed by atoms with van der Waals surface area (Å²) in [5, 5.41) is 11.4. The van der Waals surface area contributed by atoms with Gasteiger partial charge in [0, 0.05) is 11.5 Å². The van der Waals surface area contributed by atoms with Crippen molar-refractivity contribution in [2.24, 2.45) is 0 Å². The highest BCUT2D eigenvalue weighted by molar-refractivity contribution is 8.21. The summed E-state index contributed by atoms with van der Waals surface area (Å²) in [7, 11) is 0. The van der Waals surface area contributed by atoms with Gasteiger partial charge in [-0.2, -0.15) is 5.26 Å². The summed E-state index contributed by atoms with van der Waals surface area (Å²) in [4.78, 5) is 11.5. The lowest BCUT2D eigenvalue weighted by atomic mass is 10.2. The molecule has 3 nitrogen and oxygen atoms in total. The third kappa shape index (κ3) is 3.12. The zero-order valence-corrected chi connectivity index (χ0v) is 9.08. The first-order chi connectivity index (χ1) is 6.27. The molecule has 0 aromatic heterocycles. The van der Waals surface area contributed by atoms with Crippen LogP contribution in [0.1, 0.15) is 13.3 Å². The van der Waals surface area contributed by atoms with Gasteiger partial charge in [-0.3, -0.25) is 4.79 Å². The third-order valence-corrected chi connectivity index (χ3v) is 4.70. The van der Waals surface area contributed by atoms with Gasteiger partial charge in [0.25, 0.3) is 0 Å². The number of thioether (sulfide) groups is 2. The Morgan fingerprint density at radius 1 is 1.69 bits per heavy atom. The number of carbonyl (C=O) groups excluding carboxylic acids is 1. The smallest absolute Gasteiger partial charge is 0.244 e. The molecule has 0 radical (unpaired) electrons. The quantitative estimate of drug-likeness (QED) is 0.770. The first-order valence-electron chi connectivity index (χ1n) is 4.21. The number of nitrogens with one attached hydrogen (secondary N) is 1. The number of nitriles is 1. The molecule has 0 aliphatic carbocycles. The SMILES string of the molecule is CC[C@H](C#N)NC(=O)C1SCCS1. The van der Waals surface area contributed by atoms with Crippen molar-refractivity contribution in [3.63, 3.8) is 0 Å². The van der Waals surface area contributed by atoms with Gasteiger partial charge in [-0.1, -0.05) is 6.92 Å². The summed E-state index contributed by atoms with van der Waals surface area (Å²) in [5.41, 5.74) is 0. The second-order valence-corrected chi connectivity index (χ2v) is 5.40. The van der Waals surface area contributed by atoms with E-state index in [1.165, 1.54) is 0 Å². The predicted molar refractivity (Wildman–Crippen MR) is 56.5 cm³/mol. The Morgan fingerprint density at radius 3 is 2.77 bits per heavy atom. The molecule has 13 heavy (non-hydrogen) atoms. The van der Waals surface area contributed by atoms with E-state index in [0.717, 1.165) is 11.5 Å². The van der Waals surface area contributed by atoms with E-state index in [-0.39, 0.29) is 16.5 Å². The summed E-state index contributed by atoms with van der Waals surface area (Å²) in [6.45, 7) is 1.89. The zero-order chi connectivity index (χ0) is 9.68. The molecule has 72 valence electrons. The van der Waals surface area contributed by atoms with E-state index in [2.05, 4.69) is 11.4 Å². The summed E-state index contributed by atoms with van der Waals surface area (Å²) in [6, 6.07) is 1.73. The minimum absolute atomic E-state index is 0.000833. The molecule has 0 unspecified atom stereocenters. The minimum Gasteiger partial charge on any atom is -0.339 e. The standard InChI is InChI=1S/C8H12N2OS2/c1-2-6(5-9)10-7(11)8-12-3-4-13-8/h6,8H,2-4H2,1H3,(H,10,11)/t6-/m1/s1. The molecule has 1 rings (SSSR count). The Bertz CT molecular complexity index is 221. The Hall–Kier alpha value is -0.340. The Morgan fingerprint density at radius 2 is 2.31 bits per heavy atom. The fourth-order valence-electron chi connectivity index (χ4n) is 0.975. The van der Waals surface area contributed by atoms with Crippen LogP contribution in [0.5, 0.6) is 0 Å². The van der Waals surface area contributed by atoms with Crippen molar-refractivity contribution in [1.29, 1.82) is 5.26 Å². The maximum absolute atomic E-state index is 11.5. The first-order valence-corrected chi connectivity index (χ1v) is 6.31. The molecule has 0 aromatic carbocycles. The molecule has 0 spiro atoms. The van der Waals surface area contributed by atoms with Gasteiger partial charge >= 0.3 is 0 Å². The van der Waals surface area contributed by atoms with Crippen molar-refractivity contribution in [3.8, 4) is 6.07 Å². The van der Waals surface area contributed by atoms with Crippen LogP contribution in [-0.2, 0) is 4.79 Å². The predicted octanol–water partition coefficient (Wildman–Crippen LogP) is 1.21. The second kappa shape index (κ2) is 5.40. The topological polar surface area (TPSA) is 52.9 Å². The summed E-state index contributed by atoms with van der Waals surface area (Å²) >= 11 is 3.31. The van der Waals surface area contributed by atoms with Crippen molar-refractivity contribution < 1.29 is 4.79 Å². The largest absolute Gasteiger partial charge is 0.339 e. The third-order valence-electron chi connectivity index (χ3n) is 1.72. The molecule has 1 heterocycles. The Balaban J connectivity index is 2.35. The lowest BCUT2D eigenvalue weighted by molar-refractivity contribution is -0.119. The fourth-order valence-corrected chi connectivity index (χ4v) is 3.57. The van der Waals surface area contributed by atoms with E-state index >= 15 is 0 Å². The molecular weight excluding hydrogens is 204 g/mol. The summed E-state index contributed by atoms with van der Waals surface area (Å²) in [5.74, 6) is 2.07. The monoisotopic (exact) mass is 216 g/mol. The zero-order valence-electron chi connectivity index (χ0n) is 7.45. The molecule has 1 atom stereocenters. The summed E-state index contributed by atoms with van der Waals surface area (Å²) < 4.78 is 0.00222. The van der Waals surface area contributed by atoms with Gasteiger partial charge in [0.2, 0.25) is 5.91 Å². The molecule has 1 N–H and O–H groups in total. The Kier molecular flexibility index (Phi) is 4.46. The van der Waals surface area contributed by atoms with Crippen LogP contribution in [0.25, 0.3) is 0 Å². The highest BCUT2D eigenvalue weighted by atomic mass is 32.2. The number of hydrogen-bond donors (Lipinski definition) is 1. The van der Waals surface area contributed by atoms with Crippen LogP contribution in [0, 0.1) is 11.3 Å². The molecule has 0 aromatic rings. The highest BCUT2D eigenvalue weighted by Gasteiger charge is 2.25. The van der Waals surface area contributed by atoms with E-state index in [4.69, 9.17) is 5.26 Å². The van der Waals surface area contributed by atoms with Gasteiger partial charge < -0.3 is 5.32 Å². The van der Waals surface area contributed by atoms with Crippen LogP contribution in [0.3, 0.4) is 0 Å². The normalized spacial score (nSPS) is 19.4. The number of nitrogens with zero attached hydrogens (tertiary/aromatic N) is 1. The van der Waals surface area contributed by atoms with Gasteiger partial charge in [-0.15, -0.1) is 23.5 Å². The van der Waals surface area contributed by atoms with E-state index in [1.807, 2.05) is 6.92 Å². The lowest BCUT2D eigenvalue weighted by Gasteiger charge is -2.12. The molecule has 1 saturated heterocycles. The van der Waals surface area contributed by atoms with Crippen LogP contribution in [-0.4, -0.2) is 28.0 Å². The van der Waals surface area contributed by atoms with Crippen molar-refractivity contribution in [3.05, 3.63) is 0 Å². The molecule has 1 fully saturated rings. The second-order valence-electron chi connectivity index (χ2n) is 2.67. The van der Waals surface area contributed by atoms with Gasteiger partial charge in [0.05, 0.1) is 6.07 Å². The summed E-state index contributed by atoms with van der Waals surface area (Å²) in [6.07, 6.45) is 0.671. The molecule has 0 saturated carbocycles. The van der Waals surface area contributed by atoms with Crippen molar-refractivity contribution >= 4 is 29.4 Å². The van der Waals surface area contributed by atoms with Crippen molar-refractivity contribution in [2.45, 2.75) is 24.0 Å². The molecular formula is C8H12N2OS2. The number of hydrogen-bond acceptors (Lipinski definition) is 4. The molecule has 0 bridgehead atoms. The van der Waals surface area contributed by atoms with Crippen molar-refractivity contribution in [1.82, 2.24) is 5.32 Å². The number of amides is 1. The van der Waals surface area contributed by atoms with E-state index in [1.54, 1.807) is 23.5 Å². The van der Waals surface area contributed by atoms with E-state index in [0.29, 0.717) is 6.42 Å². The Labute approximate surface area is 86.6 Å². The molecule has 1 aliphatic heterocycles. The minimum atomic E-state index is -0.325. The first kappa shape index (κ1) is 10.7. The molecule has 5 heteroatoms. The molecule has 1 aliphatic rings. The lowest BCUT2D eigenvalue weighted by Crippen LogP contribution is -2.37. The average molecular weight is 216 g/mol. The van der Waals surface area contributed by atoms with E-state index < -0.39 is 0 Å².